The molecule has 3 atom stereocenters. The van der Waals surface area contributed by atoms with Crippen molar-refractivity contribution in [3.05, 3.63) is 0 Å². The molecule has 14 heavy (non-hydrogen) atoms. The molecule has 0 bridgehead atoms. The second-order valence-corrected chi connectivity index (χ2v) is 7.25. The number of nitriles is 1. The highest BCUT2D eigenvalue weighted by atomic mass is 35.5. The fourth-order valence-electron chi connectivity index (χ4n) is 2.21. The topological polar surface area (TPSA) is 40.9 Å². The molecule has 2 nitrogen and oxygen atoms in total. The lowest BCUT2D eigenvalue weighted by Crippen LogP contribution is -2.59. The Kier molecular flexibility index (Phi) is 2.14. The van der Waals surface area contributed by atoms with Crippen LogP contribution in [0.1, 0.15) is 26.7 Å². The van der Waals surface area contributed by atoms with Gasteiger partial charge in [-0.1, -0.05) is 13.8 Å². The first-order valence-corrected chi connectivity index (χ1v) is 5.94. The van der Waals surface area contributed by atoms with Crippen molar-refractivity contribution < 1.29 is 4.79 Å². The summed E-state index contributed by atoms with van der Waals surface area (Å²) >= 11 is 7.82. The fraction of sp³-hybridized carbons (Fsp3) is 0.800. The molecular formula is C10H12ClNOS. The normalized spacial score (nSPS) is 44.9. The number of thioether (sulfide) groups is 1. The number of rotatable bonds is 0. The van der Waals surface area contributed by atoms with E-state index in [0.29, 0.717) is 12.8 Å². The van der Waals surface area contributed by atoms with Crippen molar-refractivity contribution >= 4 is 29.1 Å². The fourth-order valence-corrected chi connectivity index (χ4v) is 4.32. The number of hydrogen-bond acceptors (Lipinski definition) is 3. The lowest BCUT2D eigenvalue weighted by molar-refractivity contribution is -0.126. The first-order chi connectivity index (χ1) is 6.38. The third-order valence-corrected chi connectivity index (χ3v) is 5.35. The molecule has 0 spiro atoms. The average Bonchev–Trinajstić information content (AvgIpc) is 2.07. The van der Waals surface area contributed by atoms with Gasteiger partial charge in [0.05, 0.1) is 6.07 Å². The van der Waals surface area contributed by atoms with Gasteiger partial charge in [0.15, 0.2) is 0 Å². The molecule has 0 N–H and O–H groups in total. The summed E-state index contributed by atoms with van der Waals surface area (Å²) in [7, 11) is 0. The summed E-state index contributed by atoms with van der Waals surface area (Å²) in [5.41, 5.74) is 0. The summed E-state index contributed by atoms with van der Waals surface area (Å²) in [6, 6.07) is 2.13. The molecule has 1 aliphatic carbocycles. The Hall–Kier alpha value is -0.200. The molecule has 1 saturated heterocycles. The highest BCUT2D eigenvalue weighted by Crippen LogP contribution is 2.57. The highest BCUT2D eigenvalue weighted by Gasteiger charge is 2.60. The summed E-state index contributed by atoms with van der Waals surface area (Å²) in [6.07, 6.45) is 1.15. The van der Waals surface area contributed by atoms with E-state index in [4.69, 9.17) is 16.9 Å². The van der Waals surface area contributed by atoms with E-state index in [2.05, 4.69) is 6.07 Å². The van der Waals surface area contributed by atoms with Gasteiger partial charge in [-0.25, -0.2) is 0 Å². The minimum absolute atomic E-state index is 0.00502. The lowest BCUT2D eigenvalue weighted by Gasteiger charge is -2.52. The van der Waals surface area contributed by atoms with E-state index in [9.17, 15) is 4.79 Å². The molecule has 0 aromatic carbocycles. The second kappa shape index (κ2) is 2.90. The minimum atomic E-state index is -0.789. The summed E-state index contributed by atoms with van der Waals surface area (Å²) in [6.45, 7) is 4.08. The number of carbonyl (C=O) groups excluding carboxylic acids is 1. The summed E-state index contributed by atoms with van der Waals surface area (Å²) in [5.74, 6) is 0.315. The number of ketones is 1. The monoisotopic (exact) mass is 229 g/mol. The van der Waals surface area contributed by atoms with E-state index in [1.54, 1.807) is 11.8 Å². The molecule has 76 valence electrons. The zero-order valence-corrected chi connectivity index (χ0v) is 9.78. The quantitative estimate of drug-likeness (QED) is 0.599. The molecule has 4 heteroatoms. The van der Waals surface area contributed by atoms with Crippen LogP contribution in [-0.4, -0.2) is 20.7 Å². The molecule has 2 aliphatic rings. The van der Waals surface area contributed by atoms with E-state index in [1.165, 1.54) is 0 Å². The van der Waals surface area contributed by atoms with Gasteiger partial charge in [-0.05, 0) is 6.42 Å². The van der Waals surface area contributed by atoms with Gasteiger partial charge in [-0.3, -0.25) is 4.79 Å². The van der Waals surface area contributed by atoms with Crippen molar-refractivity contribution in [1.82, 2.24) is 0 Å². The summed E-state index contributed by atoms with van der Waals surface area (Å²) < 4.78 is -0.0599. The SMILES string of the molecule is CC1(C)CC(=O)[C@H]2C[C@@](Cl)(C#N)[C@@H]2S1. The van der Waals surface area contributed by atoms with Crippen molar-refractivity contribution in [1.29, 1.82) is 5.26 Å². The Morgan fingerprint density at radius 3 is 2.86 bits per heavy atom. The van der Waals surface area contributed by atoms with Crippen molar-refractivity contribution in [2.24, 2.45) is 5.92 Å². The van der Waals surface area contributed by atoms with Crippen LogP contribution in [0.4, 0.5) is 0 Å². The van der Waals surface area contributed by atoms with Crippen LogP contribution in [0.2, 0.25) is 0 Å². The predicted octanol–water partition coefficient (Wildman–Crippen LogP) is 2.36. The van der Waals surface area contributed by atoms with Gasteiger partial charge < -0.3 is 0 Å². The van der Waals surface area contributed by atoms with Crippen LogP contribution >= 0.6 is 23.4 Å². The number of alkyl halides is 1. The number of fused-ring (bicyclic) bond motifs is 1. The molecule has 0 radical (unpaired) electrons. The molecule has 1 aliphatic heterocycles. The van der Waals surface area contributed by atoms with E-state index in [0.717, 1.165) is 0 Å². The molecule has 1 heterocycles. The molecule has 1 saturated carbocycles. The molecule has 0 aromatic rings. The van der Waals surface area contributed by atoms with Gasteiger partial charge >= 0.3 is 0 Å². The smallest absolute Gasteiger partial charge is 0.144 e. The first-order valence-electron chi connectivity index (χ1n) is 4.69. The van der Waals surface area contributed by atoms with Crippen molar-refractivity contribution in [3.8, 4) is 6.07 Å². The maximum absolute atomic E-state index is 11.7. The number of hydrogen-bond donors (Lipinski definition) is 0. The van der Waals surface area contributed by atoms with Crippen molar-refractivity contribution in [2.45, 2.75) is 41.6 Å². The van der Waals surface area contributed by atoms with Crippen molar-refractivity contribution in [3.63, 3.8) is 0 Å². The van der Waals surface area contributed by atoms with Gasteiger partial charge in [0.2, 0.25) is 0 Å². The Morgan fingerprint density at radius 2 is 2.29 bits per heavy atom. The molecule has 2 rings (SSSR count). The zero-order valence-electron chi connectivity index (χ0n) is 8.21. The van der Waals surface area contributed by atoms with Crippen LogP contribution < -0.4 is 0 Å². The third kappa shape index (κ3) is 1.36. The van der Waals surface area contributed by atoms with Crippen LogP contribution in [0, 0.1) is 17.2 Å². The van der Waals surface area contributed by atoms with E-state index in [-0.39, 0.29) is 21.7 Å². The average molecular weight is 230 g/mol. The minimum Gasteiger partial charge on any atom is -0.299 e. The third-order valence-electron chi connectivity index (χ3n) is 2.98. The number of nitrogens with zero attached hydrogens (tertiary/aromatic N) is 1. The maximum atomic E-state index is 11.7. The van der Waals surface area contributed by atoms with Crippen LogP contribution in [0.5, 0.6) is 0 Å². The van der Waals surface area contributed by atoms with Gasteiger partial charge in [0.25, 0.3) is 0 Å². The Morgan fingerprint density at radius 1 is 1.64 bits per heavy atom. The zero-order chi connectivity index (χ0) is 10.6. The Labute approximate surface area is 93.0 Å². The summed E-state index contributed by atoms with van der Waals surface area (Å²) in [5, 5.41) is 8.94. The molecular weight excluding hydrogens is 218 g/mol. The second-order valence-electron chi connectivity index (χ2n) is 4.73. The number of halogens is 1. The molecule has 0 aromatic heterocycles. The van der Waals surface area contributed by atoms with Crippen LogP contribution in [0.3, 0.4) is 0 Å². The van der Waals surface area contributed by atoms with Gasteiger partial charge in [-0.2, -0.15) is 5.26 Å². The van der Waals surface area contributed by atoms with Gasteiger partial charge in [0.1, 0.15) is 10.7 Å². The van der Waals surface area contributed by atoms with E-state index < -0.39 is 4.87 Å². The van der Waals surface area contributed by atoms with Crippen molar-refractivity contribution in [2.75, 3.05) is 0 Å². The first kappa shape index (κ1) is 10.3. The van der Waals surface area contributed by atoms with E-state index in [1.807, 2.05) is 13.8 Å². The Balaban J connectivity index is 2.22. The van der Waals surface area contributed by atoms with Crippen LogP contribution in [0.15, 0.2) is 0 Å². The van der Waals surface area contributed by atoms with Crippen LogP contribution in [0.25, 0.3) is 0 Å². The van der Waals surface area contributed by atoms with E-state index >= 15 is 0 Å². The summed E-state index contributed by atoms with van der Waals surface area (Å²) in [4.78, 5) is 10.9. The highest BCUT2D eigenvalue weighted by molar-refractivity contribution is 8.01. The van der Waals surface area contributed by atoms with Gasteiger partial charge in [0, 0.05) is 22.3 Å². The number of Topliss-reactive ketones (excluding diaryl/α,β-unsaturated/α-hetero) is 1. The molecule has 0 amide bonds. The lowest BCUT2D eigenvalue weighted by atomic mass is 9.70. The predicted molar refractivity (Wildman–Crippen MR) is 57.4 cm³/mol. The largest absolute Gasteiger partial charge is 0.299 e. The molecule has 2 fully saturated rings. The maximum Gasteiger partial charge on any atom is 0.144 e. The Bertz CT molecular complexity index is 336. The standard InChI is InChI=1S/C10H12ClNOS/c1-9(2)4-7(13)6-3-10(11,5-12)8(6)14-9/h6,8H,3-4H2,1-2H3/t6-,8-,10-/m1/s1. The number of carbonyl (C=O) groups is 1. The van der Waals surface area contributed by atoms with Crippen LogP contribution in [-0.2, 0) is 4.79 Å². The van der Waals surface area contributed by atoms with Gasteiger partial charge in [-0.15, -0.1) is 23.4 Å². The molecule has 0 unspecified atom stereocenters.